The Morgan fingerprint density at radius 1 is 0.533 bits per heavy atom. The summed E-state index contributed by atoms with van der Waals surface area (Å²) in [6.07, 6.45) is -0.367. The molecule has 0 saturated carbocycles. The average Bonchev–Trinajstić information content (AvgIpc) is 3.48. The fourth-order valence-electron chi connectivity index (χ4n) is 6.26. The Morgan fingerprint density at radius 3 is 2.04 bits per heavy atom. The fraction of sp³-hybridized carbons (Fsp3) is 0.0250. The molecule has 3 heterocycles. The SMILES string of the molecule is c1ccc(C2=NC(c3ccc4ccccc4c3)N=C(c3ccc(-c4cccc5oc6nc7ccccc7cc6c45)cc3)N2)cc1. The van der Waals surface area contributed by atoms with Gasteiger partial charge >= 0.3 is 0 Å². The van der Waals surface area contributed by atoms with E-state index in [2.05, 4.69) is 102 Å². The van der Waals surface area contributed by atoms with Crippen molar-refractivity contribution in [2.24, 2.45) is 9.98 Å². The smallest absolute Gasteiger partial charge is 0.227 e. The summed E-state index contributed by atoms with van der Waals surface area (Å²) in [5, 5.41) is 9.08. The number of benzene rings is 6. The van der Waals surface area contributed by atoms with E-state index in [4.69, 9.17) is 19.4 Å². The van der Waals surface area contributed by atoms with Crippen molar-refractivity contribution < 1.29 is 4.42 Å². The minimum atomic E-state index is -0.367. The lowest BCUT2D eigenvalue weighted by atomic mass is 9.98. The van der Waals surface area contributed by atoms with Crippen molar-refractivity contribution in [3.8, 4) is 11.1 Å². The highest BCUT2D eigenvalue weighted by Crippen LogP contribution is 2.37. The van der Waals surface area contributed by atoms with E-state index in [0.717, 1.165) is 66.7 Å². The molecular formula is C40H26N4O. The van der Waals surface area contributed by atoms with E-state index in [1.54, 1.807) is 0 Å². The molecule has 1 N–H and O–H groups in total. The average molecular weight is 579 g/mol. The molecule has 1 aliphatic rings. The van der Waals surface area contributed by atoms with Crippen LogP contribution in [0.3, 0.4) is 0 Å². The van der Waals surface area contributed by atoms with Gasteiger partial charge in [0.15, 0.2) is 6.17 Å². The van der Waals surface area contributed by atoms with Crippen LogP contribution in [0, 0.1) is 0 Å². The highest BCUT2D eigenvalue weighted by atomic mass is 16.3. The van der Waals surface area contributed by atoms with Crippen molar-refractivity contribution >= 4 is 55.4 Å². The number of rotatable bonds is 4. The zero-order valence-electron chi connectivity index (χ0n) is 24.2. The van der Waals surface area contributed by atoms with E-state index >= 15 is 0 Å². The summed E-state index contributed by atoms with van der Waals surface area (Å²) in [7, 11) is 0. The molecule has 1 aliphatic heterocycles. The van der Waals surface area contributed by atoms with Crippen molar-refractivity contribution in [2.45, 2.75) is 6.17 Å². The van der Waals surface area contributed by atoms with Gasteiger partial charge in [0.25, 0.3) is 0 Å². The number of nitrogens with zero attached hydrogens (tertiary/aromatic N) is 3. The van der Waals surface area contributed by atoms with Gasteiger partial charge in [-0.25, -0.2) is 15.0 Å². The van der Waals surface area contributed by atoms with E-state index in [-0.39, 0.29) is 6.17 Å². The number of hydrogen-bond donors (Lipinski definition) is 1. The summed E-state index contributed by atoms with van der Waals surface area (Å²) >= 11 is 0. The molecule has 0 amide bonds. The topological polar surface area (TPSA) is 62.8 Å². The quantitative estimate of drug-likeness (QED) is 0.226. The minimum absolute atomic E-state index is 0.367. The molecule has 1 atom stereocenters. The Bertz CT molecular complexity index is 2460. The van der Waals surface area contributed by atoms with Gasteiger partial charge in [0.2, 0.25) is 5.71 Å². The standard InChI is InChI=1S/C40H26N4O/c1-2-10-27(11-3-1)37-42-38(44-39(43-37)31-22-17-25-9-4-5-12-29(25)23-31)28-20-18-26(19-21-28)32-14-8-16-35-36(32)33-24-30-13-6-7-15-34(30)41-40(33)45-35/h1-24,39H,(H,42,43,44). The summed E-state index contributed by atoms with van der Waals surface area (Å²) in [4.78, 5) is 15.0. The van der Waals surface area contributed by atoms with Gasteiger partial charge in [0.1, 0.15) is 17.3 Å². The third kappa shape index (κ3) is 4.45. The molecule has 1 unspecified atom stereocenters. The summed E-state index contributed by atoms with van der Waals surface area (Å²) in [5.41, 5.74) is 7.68. The number of nitrogens with one attached hydrogen (secondary N) is 1. The number of furan rings is 1. The first-order chi connectivity index (χ1) is 22.3. The number of pyridine rings is 1. The van der Waals surface area contributed by atoms with Crippen LogP contribution in [0.15, 0.2) is 160 Å². The predicted molar refractivity (Wildman–Crippen MR) is 184 cm³/mol. The lowest BCUT2D eigenvalue weighted by Gasteiger charge is -2.22. The highest BCUT2D eigenvalue weighted by molar-refractivity contribution is 6.17. The number of aliphatic imine (C=N–C) groups is 2. The minimum Gasteiger partial charge on any atom is -0.438 e. The number of fused-ring (bicyclic) bond motifs is 5. The Morgan fingerprint density at radius 2 is 1.22 bits per heavy atom. The van der Waals surface area contributed by atoms with Crippen molar-refractivity contribution in [1.82, 2.24) is 10.3 Å². The van der Waals surface area contributed by atoms with Crippen LogP contribution in [0.5, 0.6) is 0 Å². The zero-order chi connectivity index (χ0) is 29.7. The highest BCUT2D eigenvalue weighted by Gasteiger charge is 2.21. The van der Waals surface area contributed by atoms with Crippen LogP contribution >= 0.6 is 0 Å². The Hall–Kier alpha value is -6.07. The molecule has 0 fully saturated rings. The largest absolute Gasteiger partial charge is 0.438 e. The third-order valence-corrected chi connectivity index (χ3v) is 8.52. The molecule has 9 rings (SSSR count). The number of aromatic nitrogens is 1. The van der Waals surface area contributed by atoms with Gasteiger partial charge in [-0.3, -0.25) is 0 Å². The molecule has 0 spiro atoms. The molecular weight excluding hydrogens is 552 g/mol. The van der Waals surface area contributed by atoms with Gasteiger partial charge in [0, 0.05) is 27.3 Å². The van der Waals surface area contributed by atoms with Crippen molar-refractivity contribution in [3.05, 3.63) is 162 Å². The second-order valence-electron chi connectivity index (χ2n) is 11.3. The van der Waals surface area contributed by atoms with Gasteiger partial charge in [-0.2, -0.15) is 0 Å². The summed E-state index contributed by atoms with van der Waals surface area (Å²) in [6, 6.07) is 50.2. The van der Waals surface area contributed by atoms with Gasteiger partial charge in [-0.1, -0.05) is 121 Å². The Kier molecular flexibility index (Phi) is 5.81. The predicted octanol–water partition coefficient (Wildman–Crippen LogP) is 9.45. The van der Waals surface area contributed by atoms with Crippen LogP contribution in [0.25, 0.3) is 54.9 Å². The molecule has 2 aromatic heterocycles. The molecule has 6 aromatic carbocycles. The molecule has 0 aliphatic carbocycles. The molecule has 0 radical (unpaired) electrons. The van der Waals surface area contributed by atoms with E-state index in [0.29, 0.717) is 5.71 Å². The summed E-state index contributed by atoms with van der Waals surface area (Å²) in [6.45, 7) is 0. The van der Waals surface area contributed by atoms with E-state index in [9.17, 15) is 0 Å². The second-order valence-corrected chi connectivity index (χ2v) is 11.3. The van der Waals surface area contributed by atoms with Crippen LogP contribution in [0.2, 0.25) is 0 Å². The molecule has 212 valence electrons. The second kappa shape index (κ2) is 10.3. The molecule has 45 heavy (non-hydrogen) atoms. The van der Waals surface area contributed by atoms with Crippen molar-refractivity contribution in [2.75, 3.05) is 0 Å². The molecule has 8 aromatic rings. The molecule has 5 heteroatoms. The summed E-state index contributed by atoms with van der Waals surface area (Å²) in [5.74, 6) is 1.59. The zero-order valence-corrected chi connectivity index (χ0v) is 24.2. The van der Waals surface area contributed by atoms with Crippen molar-refractivity contribution in [1.29, 1.82) is 0 Å². The number of hydrogen-bond acceptors (Lipinski definition) is 5. The van der Waals surface area contributed by atoms with Gasteiger partial charge in [-0.15, -0.1) is 0 Å². The first kappa shape index (κ1) is 25.4. The molecule has 0 saturated heterocycles. The van der Waals surface area contributed by atoms with Crippen LogP contribution in [0.4, 0.5) is 0 Å². The Balaban J connectivity index is 1.12. The maximum absolute atomic E-state index is 6.22. The number of para-hydroxylation sites is 1. The number of amidine groups is 2. The Labute approximate surface area is 259 Å². The van der Waals surface area contributed by atoms with Crippen molar-refractivity contribution in [3.63, 3.8) is 0 Å². The summed E-state index contributed by atoms with van der Waals surface area (Å²) < 4.78 is 6.22. The lowest BCUT2D eigenvalue weighted by Crippen LogP contribution is -2.36. The van der Waals surface area contributed by atoms with Gasteiger partial charge in [0.05, 0.1) is 5.52 Å². The third-order valence-electron chi connectivity index (χ3n) is 8.52. The first-order valence-corrected chi connectivity index (χ1v) is 15.1. The fourth-order valence-corrected chi connectivity index (χ4v) is 6.26. The maximum atomic E-state index is 6.22. The van der Waals surface area contributed by atoms with Crippen LogP contribution in [0.1, 0.15) is 22.9 Å². The van der Waals surface area contributed by atoms with Crippen LogP contribution in [-0.4, -0.2) is 16.7 Å². The van der Waals surface area contributed by atoms with E-state index in [1.165, 1.54) is 10.8 Å². The van der Waals surface area contributed by atoms with Gasteiger partial charge < -0.3 is 9.73 Å². The first-order valence-electron chi connectivity index (χ1n) is 15.1. The van der Waals surface area contributed by atoms with E-state index in [1.807, 2.05) is 48.5 Å². The monoisotopic (exact) mass is 578 g/mol. The van der Waals surface area contributed by atoms with Crippen LogP contribution < -0.4 is 5.32 Å². The maximum Gasteiger partial charge on any atom is 0.227 e. The lowest BCUT2D eigenvalue weighted by molar-refractivity contribution is 0.656. The van der Waals surface area contributed by atoms with E-state index < -0.39 is 0 Å². The molecule has 0 bridgehead atoms. The van der Waals surface area contributed by atoms with Gasteiger partial charge in [-0.05, 0) is 51.7 Å². The van der Waals surface area contributed by atoms with Crippen LogP contribution in [-0.2, 0) is 0 Å². The molecule has 5 nitrogen and oxygen atoms in total. The normalized spacial score (nSPS) is 14.9.